The second kappa shape index (κ2) is 6.80. The van der Waals surface area contributed by atoms with Crippen LogP contribution in [0.3, 0.4) is 0 Å². The lowest BCUT2D eigenvalue weighted by atomic mass is 10.1. The molecule has 1 aliphatic heterocycles. The molecular weight excluding hydrogens is 354 g/mol. The molecule has 0 spiro atoms. The van der Waals surface area contributed by atoms with Crippen LogP contribution in [0, 0.1) is 13.8 Å². The molecule has 132 valence electrons. The molecule has 1 aromatic heterocycles. The number of benzene rings is 1. The monoisotopic (exact) mass is 375 g/mol. The molecule has 0 aliphatic carbocycles. The zero-order chi connectivity index (χ0) is 18.2. The number of amides is 2. The Kier molecular flexibility index (Phi) is 4.88. The minimum Gasteiger partial charge on any atom is -0.318 e. The number of nitrogens with zero attached hydrogens (tertiary/aromatic N) is 2. The number of hydrogen-bond donors (Lipinski definition) is 1. The SMILES string of the molecule is Cc1ccc(-c2nc(NC(=O)C3CSC(C)(C)N3C=O)sc2C)cc1. The van der Waals surface area contributed by atoms with E-state index in [-0.39, 0.29) is 10.8 Å². The molecule has 1 aromatic carbocycles. The maximum absolute atomic E-state index is 12.6. The van der Waals surface area contributed by atoms with Crippen LogP contribution in [0.5, 0.6) is 0 Å². The standard InChI is InChI=1S/C18H21N3O2S2/c1-11-5-7-13(8-6-11)15-12(2)25-17(19-15)20-16(23)14-9-24-18(3,4)21(14)10-22/h5-8,10,14H,9H2,1-4H3,(H,19,20,23). The van der Waals surface area contributed by atoms with Gasteiger partial charge < -0.3 is 10.2 Å². The number of aryl methyl sites for hydroxylation is 2. The van der Waals surface area contributed by atoms with Gasteiger partial charge in [-0.1, -0.05) is 29.8 Å². The van der Waals surface area contributed by atoms with Gasteiger partial charge in [-0.2, -0.15) is 0 Å². The Hall–Kier alpha value is -1.86. The van der Waals surface area contributed by atoms with Gasteiger partial charge in [0.15, 0.2) is 5.13 Å². The molecule has 1 unspecified atom stereocenters. The molecular formula is C18H21N3O2S2. The highest BCUT2D eigenvalue weighted by Gasteiger charge is 2.43. The fraction of sp³-hybridized carbons (Fsp3) is 0.389. The summed E-state index contributed by atoms with van der Waals surface area (Å²) < 4.78 is 0. The summed E-state index contributed by atoms with van der Waals surface area (Å²) in [5.74, 6) is 0.404. The van der Waals surface area contributed by atoms with Gasteiger partial charge in [0.1, 0.15) is 6.04 Å². The Bertz CT molecular complexity index is 799. The van der Waals surface area contributed by atoms with Crippen molar-refractivity contribution in [3.05, 3.63) is 34.7 Å². The van der Waals surface area contributed by atoms with Crippen molar-refractivity contribution >= 4 is 40.5 Å². The normalized spacial score (nSPS) is 19.0. The second-order valence-electron chi connectivity index (χ2n) is 6.57. The second-order valence-corrected chi connectivity index (χ2v) is 9.39. The van der Waals surface area contributed by atoms with Crippen LogP contribution in [-0.2, 0) is 9.59 Å². The lowest BCUT2D eigenvalue weighted by molar-refractivity contribution is -0.130. The summed E-state index contributed by atoms with van der Waals surface area (Å²) >= 11 is 3.06. The Balaban J connectivity index is 1.78. The first-order chi connectivity index (χ1) is 11.8. The van der Waals surface area contributed by atoms with Gasteiger partial charge in [0, 0.05) is 16.2 Å². The van der Waals surface area contributed by atoms with Crippen LogP contribution in [0.4, 0.5) is 5.13 Å². The average molecular weight is 376 g/mol. The molecule has 2 amide bonds. The van der Waals surface area contributed by atoms with Crippen molar-refractivity contribution in [2.24, 2.45) is 0 Å². The van der Waals surface area contributed by atoms with Crippen LogP contribution >= 0.6 is 23.1 Å². The fourth-order valence-electron chi connectivity index (χ4n) is 2.83. The molecule has 2 heterocycles. The highest BCUT2D eigenvalue weighted by atomic mass is 32.2. The van der Waals surface area contributed by atoms with E-state index >= 15 is 0 Å². The van der Waals surface area contributed by atoms with Crippen molar-refractivity contribution in [3.8, 4) is 11.3 Å². The number of aromatic nitrogens is 1. The summed E-state index contributed by atoms with van der Waals surface area (Å²) in [5.41, 5.74) is 3.11. The molecule has 0 saturated carbocycles. The topological polar surface area (TPSA) is 62.3 Å². The highest BCUT2D eigenvalue weighted by molar-refractivity contribution is 8.00. The van der Waals surface area contributed by atoms with E-state index in [4.69, 9.17) is 0 Å². The number of carbonyl (C=O) groups is 2. The quantitative estimate of drug-likeness (QED) is 0.828. The third kappa shape index (κ3) is 3.57. The van der Waals surface area contributed by atoms with Crippen LogP contribution in [-0.4, -0.2) is 38.9 Å². The van der Waals surface area contributed by atoms with Crippen LogP contribution in [0.15, 0.2) is 24.3 Å². The summed E-state index contributed by atoms with van der Waals surface area (Å²) in [4.78, 5) is 30.8. The molecule has 2 aromatic rings. The van der Waals surface area contributed by atoms with Crippen LogP contribution in [0.25, 0.3) is 11.3 Å². The molecule has 1 N–H and O–H groups in total. The van der Waals surface area contributed by atoms with Gasteiger partial charge in [0.25, 0.3) is 0 Å². The molecule has 3 rings (SSSR count). The largest absolute Gasteiger partial charge is 0.318 e. The molecule has 1 atom stereocenters. The van der Waals surface area contributed by atoms with E-state index in [1.54, 1.807) is 16.7 Å². The van der Waals surface area contributed by atoms with Crippen molar-refractivity contribution in [2.75, 3.05) is 11.1 Å². The van der Waals surface area contributed by atoms with E-state index in [1.807, 2.05) is 52.0 Å². The van der Waals surface area contributed by atoms with Crippen LogP contribution in [0.1, 0.15) is 24.3 Å². The summed E-state index contributed by atoms with van der Waals surface area (Å²) in [6.07, 6.45) is 0.759. The lowest BCUT2D eigenvalue weighted by Gasteiger charge is -2.29. The predicted octanol–water partition coefficient (Wildman–Crippen LogP) is 3.68. The first-order valence-electron chi connectivity index (χ1n) is 8.05. The maximum atomic E-state index is 12.6. The molecule has 1 fully saturated rings. The van der Waals surface area contributed by atoms with Crippen molar-refractivity contribution in [1.82, 2.24) is 9.88 Å². The minimum absolute atomic E-state index is 0.186. The third-order valence-electron chi connectivity index (χ3n) is 4.32. The molecule has 5 nitrogen and oxygen atoms in total. The van der Waals surface area contributed by atoms with E-state index in [9.17, 15) is 9.59 Å². The number of hydrogen-bond acceptors (Lipinski definition) is 5. The van der Waals surface area contributed by atoms with E-state index in [1.165, 1.54) is 16.9 Å². The van der Waals surface area contributed by atoms with E-state index in [2.05, 4.69) is 10.3 Å². The molecule has 0 bridgehead atoms. The molecule has 1 saturated heterocycles. The molecule has 1 aliphatic rings. The Morgan fingerprint density at radius 2 is 2.00 bits per heavy atom. The van der Waals surface area contributed by atoms with Gasteiger partial charge in [0.2, 0.25) is 12.3 Å². The first kappa shape index (κ1) is 17.9. The maximum Gasteiger partial charge on any atom is 0.249 e. The number of thiazole rings is 1. The summed E-state index contributed by atoms with van der Waals surface area (Å²) in [6, 6.07) is 7.70. The van der Waals surface area contributed by atoms with Crippen LogP contribution < -0.4 is 5.32 Å². The number of thioether (sulfide) groups is 1. The van der Waals surface area contributed by atoms with Gasteiger partial charge in [-0.3, -0.25) is 9.59 Å². The molecule has 7 heteroatoms. The van der Waals surface area contributed by atoms with Gasteiger partial charge in [-0.05, 0) is 27.7 Å². The Morgan fingerprint density at radius 3 is 2.64 bits per heavy atom. The van der Waals surface area contributed by atoms with Crippen LogP contribution in [0.2, 0.25) is 0 Å². The summed E-state index contributed by atoms with van der Waals surface area (Å²) in [7, 11) is 0. The molecule has 0 radical (unpaired) electrons. The summed E-state index contributed by atoms with van der Waals surface area (Å²) in [6.45, 7) is 7.93. The Labute approximate surface area is 155 Å². The molecule has 25 heavy (non-hydrogen) atoms. The summed E-state index contributed by atoms with van der Waals surface area (Å²) in [5, 5.41) is 3.45. The first-order valence-corrected chi connectivity index (χ1v) is 9.85. The van der Waals surface area contributed by atoms with E-state index < -0.39 is 6.04 Å². The number of carbonyl (C=O) groups excluding carboxylic acids is 2. The third-order valence-corrected chi connectivity index (χ3v) is 6.61. The van der Waals surface area contributed by atoms with Gasteiger partial charge in [-0.25, -0.2) is 4.98 Å². The van der Waals surface area contributed by atoms with Crippen molar-refractivity contribution in [3.63, 3.8) is 0 Å². The minimum atomic E-state index is -0.468. The van der Waals surface area contributed by atoms with Crippen molar-refractivity contribution in [2.45, 2.75) is 38.6 Å². The average Bonchev–Trinajstić information content (AvgIpc) is 3.07. The highest BCUT2D eigenvalue weighted by Crippen LogP contribution is 2.38. The smallest absolute Gasteiger partial charge is 0.249 e. The number of nitrogens with one attached hydrogen (secondary N) is 1. The van der Waals surface area contributed by atoms with E-state index in [0.29, 0.717) is 10.9 Å². The Morgan fingerprint density at radius 1 is 1.32 bits per heavy atom. The zero-order valence-electron chi connectivity index (χ0n) is 14.7. The number of rotatable bonds is 4. The van der Waals surface area contributed by atoms with Gasteiger partial charge in [0.05, 0.1) is 10.6 Å². The van der Waals surface area contributed by atoms with Crippen molar-refractivity contribution < 1.29 is 9.59 Å². The predicted molar refractivity (Wildman–Crippen MR) is 104 cm³/mol. The van der Waals surface area contributed by atoms with Gasteiger partial charge in [-0.15, -0.1) is 23.1 Å². The fourth-order valence-corrected chi connectivity index (χ4v) is 4.87. The lowest BCUT2D eigenvalue weighted by Crippen LogP contribution is -2.47. The van der Waals surface area contributed by atoms with Gasteiger partial charge >= 0.3 is 0 Å². The number of anilines is 1. The van der Waals surface area contributed by atoms with E-state index in [0.717, 1.165) is 22.5 Å². The van der Waals surface area contributed by atoms with Crippen molar-refractivity contribution in [1.29, 1.82) is 0 Å². The zero-order valence-corrected chi connectivity index (χ0v) is 16.3.